The van der Waals surface area contributed by atoms with Crippen molar-refractivity contribution >= 4 is 6.16 Å². The van der Waals surface area contributed by atoms with E-state index in [0.717, 1.165) is 6.42 Å². The van der Waals surface area contributed by atoms with Crippen molar-refractivity contribution in [2.24, 2.45) is 5.41 Å². The molecule has 0 radical (unpaired) electrons. The molecule has 0 aromatic heterocycles. The molecule has 0 aliphatic heterocycles. The predicted octanol–water partition coefficient (Wildman–Crippen LogP) is 2.64. The van der Waals surface area contributed by atoms with Gasteiger partial charge in [-0.05, 0) is 24.7 Å². The first-order valence-corrected chi connectivity index (χ1v) is 4.56. The molecule has 0 spiro atoms. The van der Waals surface area contributed by atoms with E-state index < -0.39 is 6.16 Å². The van der Waals surface area contributed by atoms with E-state index in [4.69, 9.17) is 0 Å². The van der Waals surface area contributed by atoms with Crippen LogP contribution in [0, 0.1) is 5.41 Å². The third-order valence-electron chi connectivity index (χ3n) is 2.80. The molecule has 0 bridgehead atoms. The highest BCUT2D eigenvalue weighted by molar-refractivity contribution is 5.65. The summed E-state index contributed by atoms with van der Waals surface area (Å²) in [6.45, 7) is 2.69. The van der Waals surface area contributed by atoms with Gasteiger partial charge >= 0.3 is 6.16 Å². The van der Waals surface area contributed by atoms with Gasteiger partial charge in [-0.1, -0.05) is 19.8 Å². The van der Waals surface area contributed by atoms with E-state index in [2.05, 4.69) is 12.2 Å². The molecule has 70 valence electrons. The van der Waals surface area contributed by atoms with E-state index in [1.807, 2.05) is 0 Å². The van der Waals surface area contributed by atoms with Crippen LogP contribution in [0.2, 0.25) is 0 Å². The van der Waals surface area contributed by atoms with Crippen molar-refractivity contribution in [2.45, 2.75) is 39.0 Å². The number of rotatable bonds is 3. The number of carbonyl (C=O) groups excluding carboxylic acids is 1. The summed E-state index contributed by atoms with van der Waals surface area (Å²) < 4.78 is 11.8. The number of carbonyl (C=O) groups is 1. The monoisotopic (exact) mass is 173 g/mol. The lowest BCUT2D eigenvalue weighted by Crippen LogP contribution is -2.24. The summed E-state index contributed by atoms with van der Waals surface area (Å²) in [6.07, 6.45) is 4.49. The molecule has 3 heteroatoms. The van der Waals surface area contributed by atoms with Crippen molar-refractivity contribution in [1.29, 1.82) is 0 Å². The number of hydrogen-bond acceptors (Lipinski definition) is 1. The first-order chi connectivity index (χ1) is 5.62. The van der Waals surface area contributed by atoms with Crippen molar-refractivity contribution < 1.29 is 9.18 Å². The third kappa shape index (κ3) is 2.80. The predicted molar refractivity (Wildman–Crippen MR) is 45.7 cm³/mol. The highest BCUT2D eigenvalue weighted by Crippen LogP contribution is 2.39. The Morgan fingerprint density at radius 3 is 2.58 bits per heavy atom. The van der Waals surface area contributed by atoms with Gasteiger partial charge < -0.3 is 5.32 Å². The van der Waals surface area contributed by atoms with Crippen LogP contribution < -0.4 is 5.32 Å². The summed E-state index contributed by atoms with van der Waals surface area (Å²) in [5.74, 6) is 0. The Kier molecular flexibility index (Phi) is 3.06. The summed E-state index contributed by atoms with van der Waals surface area (Å²) in [6, 6.07) is 0. The highest BCUT2D eigenvalue weighted by Gasteiger charge is 2.27. The second-order valence-electron chi connectivity index (χ2n) is 3.97. The molecule has 1 amide bonds. The molecular weight excluding hydrogens is 157 g/mol. The summed E-state index contributed by atoms with van der Waals surface area (Å²) in [7, 11) is 0. The Morgan fingerprint density at radius 2 is 2.08 bits per heavy atom. The molecular formula is C9H16FNO. The van der Waals surface area contributed by atoms with Crippen LogP contribution in [0.15, 0.2) is 0 Å². The zero-order chi connectivity index (χ0) is 9.03. The molecule has 1 fully saturated rings. The van der Waals surface area contributed by atoms with Crippen LogP contribution in [0.1, 0.15) is 39.0 Å². The average molecular weight is 173 g/mol. The van der Waals surface area contributed by atoms with E-state index in [9.17, 15) is 9.18 Å². The molecule has 1 aliphatic carbocycles. The fraction of sp³-hybridized carbons (Fsp3) is 0.889. The molecule has 12 heavy (non-hydrogen) atoms. The zero-order valence-corrected chi connectivity index (χ0v) is 7.53. The van der Waals surface area contributed by atoms with Gasteiger partial charge in [-0.15, -0.1) is 4.39 Å². The zero-order valence-electron chi connectivity index (χ0n) is 7.53. The van der Waals surface area contributed by atoms with Crippen molar-refractivity contribution in [1.82, 2.24) is 5.32 Å². The largest absolute Gasteiger partial charge is 0.397 e. The molecule has 1 rings (SSSR count). The standard InChI is InChI=1S/C9H16FNO/c1-9(4-2-3-5-9)6-7-11-8(10)12/h2-7H2,1H3,(H,11,12). The van der Waals surface area contributed by atoms with Crippen LogP contribution in [0.3, 0.4) is 0 Å². The molecule has 2 nitrogen and oxygen atoms in total. The topological polar surface area (TPSA) is 29.1 Å². The van der Waals surface area contributed by atoms with Gasteiger partial charge in [-0.3, -0.25) is 0 Å². The smallest absolute Gasteiger partial charge is 0.328 e. The first-order valence-electron chi connectivity index (χ1n) is 4.56. The van der Waals surface area contributed by atoms with Crippen molar-refractivity contribution in [3.63, 3.8) is 0 Å². The normalized spacial score (nSPS) is 20.8. The minimum atomic E-state index is -1.41. The van der Waals surface area contributed by atoms with Crippen LogP contribution in [0.4, 0.5) is 9.18 Å². The molecule has 1 saturated carbocycles. The van der Waals surface area contributed by atoms with E-state index in [0.29, 0.717) is 12.0 Å². The average Bonchev–Trinajstić information content (AvgIpc) is 2.35. The summed E-state index contributed by atoms with van der Waals surface area (Å²) in [5, 5.41) is 2.19. The molecule has 0 heterocycles. The Labute approximate surface area is 72.5 Å². The maximum absolute atomic E-state index is 11.8. The number of amides is 1. The second-order valence-corrected chi connectivity index (χ2v) is 3.97. The first kappa shape index (κ1) is 9.49. The van der Waals surface area contributed by atoms with Gasteiger partial charge in [0.2, 0.25) is 0 Å². The lowest BCUT2D eigenvalue weighted by molar-refractivity contribution is 0.218. The molecule has 0 aromatic rings. The van der Waals surface area contributed by atoms with Crippen molar-refractivity contribution in [3.8, 4) is 0 Å². The Hall–Kier alpha value is -0.600. The van der Waals surface area contributed by atoms with Crippen molar-refractivity contribution in [3.05, 3.63) is 0 Å². The lowest BCUT2D eigenvalue weighted by atomic mass is 9.85. The second kappa shape index (κ2) is 3.87. The highest BCUT2D eigenvalue weighted by atomic mass is 19.1. The fourth-order valence-electron chi connectivity index (χ4n) is 1.94. The van der Waals surface area contributed by atoms with Gasteiger partial charge in [0.05, 0.1) is 0 Å². The van der Waals surface area contributed by atoms with Gasteiger partial charge in [-0.2, -0.15) is 0 Å². The van der Waals surface area contributed by atoms with Crippen molar-refractivity contribution in [2.75, 3.05) is 6.54 Å². The van der Waals surface area contributed by atoms with Crippen LogP contribution in [0.25, 0.3) is 0 Å². The van der Waals surface area contributed by atoms with Crippen LogP contribution >= 0.6 is 0 Å². The quantitative estimate of drug-likeness (QED) is 0.516. The van der Waals surface area contributed by atoms with E-state index in [1.165, 1.54) is 25.7 Å². The lowest BCUT2D eigenvalue weighted by Gasteiger charge is -2.22. The maximum atomic E-state index is 11.8. The Bertz CT molecular complexity index is 164. The van der Waals surface area contributed by atoms with Gasteiger partial charge in [0.15, 0.2) is 0 Å². The maximum Gasteiger partial charge on any atom is 0.397 e. The number of hydrogen-bond donors (Lipinski definition) is 1. The van der Waals surface area contributed by atoms with Gasteiger partial charge in [0.25, 0.3) is 0 Å². The fourth-order valence-corrected chi connectivity index (χ4v) is 1.94. The van der Waals surface area contributed by atoms with Crippen LogP contribution in [-0.4, -0.2) is 12.7 Å². The summed E-state index contributed by atoms with van der Waals surface area (Å²) >= 11 is 0. The summed E-state index contributed by atoms with van der Waals surface area (Å²) in [4.78, 5) is 9.94. The molecule has 1 N–H and O–H groups in total. The van der Waals surface area contributed by atoms with Crippen LogP contribution in [-0.2, 0) is 0 Å². The van der Waals surface area contributed by atoms with Gasteiger partial charge in [0, 0.05) is 6.54 Å². The number of nitrogens with one attached hydrogen (secondary N) is 1. The molecule has 0 aromatic carbocycles. The minimum absolute atomic E-state index is 0.350. The van der Waals surface area contributed by atoms with E-state index >= 15 is 0 Å². The van der Waals surface area contributed by atoms with Crippen LogP contribution in [0.5, 0.6) is 0 Å². The Morgan fingerprint density at radius 1 is 1.50 bits per heavy atom. The molecule has 0 atom stereocenters. The van der Waals surface area contributed by atoms with Gasteiger partial charge in [0.1, 0.15) is 0 Å². The molecule has 0 unspecified atom stereocenters. The molecule has 0 saturated heterocycles. The SMILES string of the molecule is CC1(CCNC(=O)F)CCCC1. The third-order valence-corrected chi connectivity index (χ3v) is 2.80. The Balaban J connectivity index is 2.17. The minimum Gasteiger partial charge on any atom is -0.328 e. The van der Waals surface area contributed by atoms with Gasteiger partial charge in [-0.25, -0.2) is 4.79 Å². The molecule has 1 aliphatic rings. The van der Waals surface area contributed by atoms with E-state index in [1.54, 1.807) is 0 Å². The van der Waals surface area contributed by atoms with E-state index in [-0.39, 0.29) is 0 Å². The number of halogens is 1. The summed E-state index contributed by atoms with van der Waals surface area (Å²) in [5.41, 5.74) is 0.350.